The highest BCUT2D eigenvalue weighted by Gasteiger charge is 2.44. The molecule has 0 aromatic carbocycles. The van der Waals surface area contributed by atoms with Crippen LogP contribution in [-0.2, 0) is 23.9 Å². The summed E-state index contributed by atoms with van der Waals surface area (Å²) in [6.07, 6.45) is 0.113. The molecule has 128 valence electrons. The van der Waals surface area contributed by atoms with E-state index in [4.69, 9.17) is 0 Å². The van der Waals surface area contributed by atoms with Gasteiger partial charge in [-0.1, -0.05) is 0 Å². The monoisotopic (exact) mass is 345 g/mol. The van der Waals surface area contributed by atoms with Crippen molar-refractivity contribution in [3.63, 3.8) is 0 Å². The summed E-state index contributed by atoms with van der Waals surface area (Å²) < 4.78 is 9.08. The van der Waals surface area contributed by atoms with Crippen molar-refractivity contribution in [1.82, 2.24) is 15.5 Å². The number of methoxy groups -OCH3 is 2. The molecule has 10 heteroatoms. The Bertz CT molecular complexity index is 496. The maximum Gasteiger partial charge on any atom is 0.325 e. The van der Waals surface area contributed by atoms with Gasteiger partial charge in [-0.2, -0.15) is 11.8 Å². The van der Waals surface area contributed by atoms with Crippen molar-refractivity contribution in [3.8, 4) is 0 Å². The van der Waals surface area contributed by atoms with E-state index < -0.39 is 11.9 Å². The molecule has 2 rings (SSSR count). The van der Waals surface area contributed by atoms with Gasteiger partial charge in [0.1, 0.15) is 13.1 Å². The second kappa shape index (κ2) is 7.53. The van der Waals surface area contributed by atoms with E-state index in [1.807, 2.05) is 0 Å². The lowest BCUT2D eigenvalue weighted by Crippen LogP contribution is -2.44. The largest absolute Gasteiger partial charge is 0.468 e. The van der Waals surface area contributed by atoms with E-state index in [1.54, 1.807) is 11.8 Å². The summed E-state index contributed by atoms with van der Waals surface area (Å²) in [5.41, 5.74) is 0. The van der Waals surface area contributed by atoms with Crippen molar-refractivity contribution in [2.45, 2.75) is 23.8 Å². The maximum absolute atomic E-state index is 12.4. The fraction of sp³-hybridized carbons (Fsp3) is 0.692. The first-order chi connectivity index (χ1) is 10.9. The number of hydrogen-bond acceptors (Lipinski definition) is 7. The first-order valence-electron chi connectivity index (χ1n) is 7.04. The van der Waals surface area contributed by atoms with Gasteiger partial charge in [0.05, 0.1) is 26.3 Å². The van der Waals surface area contributed by atoms with Gasteiger partial charge in [-0.05, 0) is 0 Å². The molecule has 2 aliphatic rings. The van der Waals surface area contributed by atoms with Crippen molar-refractivity contribution in [2.75, 3.05) is 33.1 Å². The fourth-order valence-corrected chi connectivity index (χ4v) is 4.01. The van der Waals surface area contributed by atoms with E-state index in [1.165, 1.54) is 14.2 Å². The number of amides is 3. The third-order valence-corrected chi connectivity index (χ3v) is 5.20. The first-order valence-corrected chi connectivity index (χ1v) is 8.09. The molecule has 0 bridgehead atoms. The Morgan fingerprint density at radius 1 is 1.17 bits per heavy atom. The number of fused-ring (bicyclic) bond motifs is 1. The zero-order valence-electron chi connectivity index (χ0n) is 12.9. The third kappa shape index (κ3) is 4.27. The molecule has 2 saturated heterocycles. The minimum Gasteiger partial charge on any atom is -0.468 e. The highest BCUT2D eigenvalue weighted by atomic mass is 32.2. The fourth-order valence-electron chi connectivity index (χ4n) is 2.54. The van der Waals surface area contributed by atoms with Gasteiger partial charge in [-0.15, -0.1) is 0 Å². The molecule has 0 aromatic heterocycles. The van der Waals surface area contributed by atoms with Gasteiger partial charge in [0.2, 0.25) is 5.91 Å². The maximum atomic E-state index is 12.4. The summed E-state index contributed by atoms with van der Waals surface area (Å²) in [4.78, 5) is 47.7. The summed E-state index contributed by atoms with van der Waals surface area (Å²) in [6, 6.07) is -0.367. The summed E-state index contributed by atoms with van der Waals surface area (Å²) in [7, 11) is 2.42. The number of hydrogen-bond donors (Lipinski definition) is 2. The number of rotatable bonds is 6. The highest BCUT2D eigenvalue weighted by molar-refractivity contribution is 8.00. The summed E-state index contributed by atoms with van der Waals surface area (Å²) >= 11 is 1.57. The Labute approximate surface area is 137 Å². The normalized spacial score (nSPS) is 25.1. The molecule has 0 aromatic rings. The van der Waals surface area contributed by atoms with E-state index in [0.29, 0.717) is 0 Å². The van der Waals surface area contributed by atoms with Gasteiger partial charge >= 0.3 is 18.0 Å². The Morgan fingerprint density at radius 2 is 1.78 bits per heavy atom. The highest BCUT2D eigenvalue weighted by Crippen LogP contribution is 2.32. The average Bonchev–Trinajstić information content (AvgIpc) is 3.06. The van der Waals surface area contributed by atoms with E-state index in [2.05, 4.69) is 20.1 Å². The number of carbonyl (C=O) groups excluding carboxylic acids is 4. The predicted molar refractivity (Wildman–Crippen MR) is 80.7 cm³/mol. The molecule has 0 radical (unpaired) electrons. The van der Waals surface area contributed by atoms with Crippen LogP contribution in [0.5, 0.6) is 0 Å². The topological polar surface area (TPSA) is 114 Å². The standard InChI is InChI=1S/C13H19N3O6S/c1-21-10(18)4-16(5-11(19)22-2)9(17)3-8-12-7(6-23-8)14-13(20)15-12/h7-8,12H,3-6H2,1-2H3,(H2,14,15,20). The molecule has 3 atom stereocenters. The Morgan fingerprint density at radius 3 is 2.35 bits per heavy atom. The van der Waals surface area contributed by atoms with Crippen LogP contribution in [0, 0.1) is 0 Å². The number of esters is 2. The van der Waals surface area contributed by atoms with Crippen LogP contribution in [0.15, 0.2) is 0 Å². The zero-order chi connectivity index (χ0) is 17.0. The van der Waals surface area contributed by atoms with E-state index in [9.17, 15) is 19.2 Å². The minimum absolute atomic E-state index is 0.0000332. The average molecular weight is 345 g/mol. The quantitative estimate of drug-likeness (QED) is 0.455. The first kappa shape index (κ1) is 17.4. The van der Waals surface area contributed by atoms with E-state index in [0.717, 1.165) is 10.7 Å². The van der Waals surface area contributed by atoms with Crippen LogP contribution < -0.4 is 10.6 Å². The number of carbonyl (C=O) groups is 4. The third-order valence-electron chi connectivity index (χ3n) is 3.76. The van der Waals surface area contributed by atoms with Crippen molar-refractivity contribution in [1.29, 1.82) is 0 Å². The van der Waals surface area contributed by atoms with Crippen LogP contribution in [0.2, 0.25) is 0 Å². The smallest absolute Gasteiger partial charge is 0.325 e. The van der Waals surface area contributed by atoms with Crippen molar-refractivity contribution in [2.24, 2.45) is 0 Å². The van der Waals surface area contributed by atoms with Crippen LogP contribution in [0.3, 0.4) is 0 Å². The van der Waals surface area contributed by atoms with Crippen LogP contribution in [0.25, 0.3) is 0 Å². The van der Waals surface area contributed by atoms with Crippen LogP contribution >= 0.6 is 11.8 Å². The number of nitrogens with zero attached hydrogens (tertiary/aromatic N) is 1. The molecule has 9 nitrogen and oxygen atoms in total. The Balaban J connectivity index is 1.97. The van der Waals surface area contributed by atoms with Gasteiger partial charge < -0.3 is 25.0 Å². The lowest BCUT2D eigenvalue weighted by molar-refractivity contribution is -0.152. The van der Waals surface area contributed by atoms with Gasteiger partial charge in [0, 0.05) is 17.4 Å². The molecule has 3 unspecified atom stereocenters. The molecule has 2 heterocycles. The van der Waals surface area contributed by atoms with Crippen molar-refractivity contribution >= 4 is 35.6 Å². The molecular formula is C13H19N3O6S. The molecular weight excluding hydrogens is 326 g/mol. The SMILES string of the molecule is COC(=O)CN(CC(=O)OC)C(=O)CC1SCC2NC(=O)NC21. The van der Waals surface area contributed by atoms with Gasteiger partial charge in [0.15, 0.2) is 0 Å². The van der Waals surface area contributed by atoms with Crippen molar-refractivity contribution in [3.05, 3.63) is 0 Å². The summed E-state index contributed by atoms with van der Waals surface area (Å²) in [6.45, 7) is -0.638. The lowest BCUT2D eigenvalue weighted by atomic mass is 10.1. The minimum atomic E-state index is -0.616. The van der Waals surface area contributed by atoms with E-state index in [-0.39, 0.29) is 48.8 Å². The molecule has 2 aliphatic heterocycles. The van der Waals surface area contributed by atoms with Crippen molar-refractivity contribution < 1.29 is 28.7 Å². The number of nitrogens with one attached hydrogen (secondary N) is 2. The second-order valence-corrected chi connectivity index (χ2v) is 6.50. The van der Waals surface area contributed by atoms with Gasteiger partial charge in [0.25, 0.3) is 0 Å². The molecule has 23 heavy (non-hydrogen) atoms. The molecule has 2 N–H and O–H groups in total. The molecule has 0 aliphatic carbocycles. The zero-order valence-corrected chi connectivity index (χ0v) is 13.7. The van der Waals surface area contributed by atoms with Gasteiger partial charge in [-0.3, -0.25) is 14.4 Å². The van der Waals surface area contributed by atoms with E-state index >= 15 is 0 Å². The molecule has 2 fully saturated rings. The van der Waals surface area contributed by atoms with Crippen LogP contribution in [0.4, 0.5) is 4.79 Å². The predicted octanol–water partition coefficient (Wildman–Crippen LogP) is -1.28. The molecule has 0 saturated carbocycles. The number of ether oxygens (including phenoxy) is 2. The number of urea groups is 1. The second-order valence-electron chi connectivity index (χ2n) is 5.23. The Hall–Kier alpha value is -1.97. The number of thioether (sulfide) groups is 1. The lowest BCUT2D eigenvalue weighted by Gasteiger charge is -2.23. The molecule has 3 amide bonds. The Kier molecular flexibility index (Phi) is 5.69. The summed E-state index contributed by atoms with van der Waals surface area (Å²) in [5.74, 6) is -0.875. The molecule has 0 spiro atoms. The van der Waals surface area contributed by atoms with Gasteiger partial charge in [-0.25, -0.2) is 4.79 Å². The van der Waals surface area contributed by atoms with Crippen LogP contribution in [0.1, 0.15) is 6.42 Å². The van der Waals surface area contributed by atoms with Crippen LogP contribution in [-0.4, -0.2) is 79.2 Å². The summed E-state index contributed by atoms with van der Waals surface area (Å²) in [5, 5.41) is 5.47.